The van der Waals surface area contributed by atoms with E-state index in [9.17, 15) is 0 Å². The maximum absolute atomic E-state index is 6.05. The molecular weight excluding hydrogens is 294 g/mol. The van der Waals surface area contributed by atoms with Gasteiger partial charge in [0, 0.05) is 5.56 Å². The minimum absolute atomic E-state index is 0.140. The van der Waals surface area contributed by atoms with Crippen LogP contribution >= 0.6 is 0 Å². The number of benzene rings is 2. The second-order valence-electron chi connectivity index (χ2n) is 7.38. The van der Waals surface area contributed by atoms with Gasteiger partial charge in [0.2, 0.25) is 5.89 Å². The number of hydrogen-bond acceptors (Lipinski definition) is 2. The molecule has 1 heterocycles. The monoisotopic (exact) mass is 321 g/mol. The molecule has 0 saturated carbocycles. The fourth-order valence-corrected chi connectivity index (χ4v) is 3.29. The average molecular weight is 321 g/mol. The van der Waals surface area contributed by atoms with Crippen LogP contribution in [0, 0.1) is 5.92 Å². The third-order valence-corrected chi connectivity index (χ3v) is 5.16. The number of aromatic nitrogens is 1. The van der Waals surface area contributed by atoms with Crippen LogP contribution in [-0.4, -0.2) is 4.98 Å². The van der Waals surface area contributed by atoms with E-state index in [0.29, 0.717) is 5.92 Å². The Hall–Kier alpha value is -2.09. The van der Waals surface area contributed by atoms with Crippen LogP contribution < -0.4 is 0 Å². The summed E-state index contributed by atoms with van der Waals surface area (Å²) in [7, 11) is 0. The number of rotatable bonds is 6. The molecule has 126 valence electrons. The van der Waals surface area contributed by atoms with E-state index in [0.717, 1.165) is 29.0 Å². The molecule has 0 aliphatic carbocycles. The number of para-hydroxylation sites is 2. The highest BCUT2D eigenvalue weighted by molar-refractivity contribution is 5.77. The van der Waals surface area contributed by atoms with E-state index in [2.05, 4.69) is 52.0 Å². The first-order valence-electron chi connectivity index (χ1n) is 8.99. The third-order valence-electron chi connectivity index (χ3n) is 5.16. The summed E-state index contributed by atoms with van der Waals surface area (Å²) < 4.78 is 6.05. The van der Waals surface area contributed by atoms with Crippen LogP contribution in [0.1, 0.15) is 52.5 Å². The standard InChI is InChI=1S/C22H27NO/c1-5-22(4,15-14-16(2)3)18-11-7-6-10-17(18)21-23-19-12-8-9-13-20(19)24-21/h6-13,16H,5,14-15H2,1-4H3. The van der Waals surface area contributed by atoms with E-state index >= 15 is 0 Å². The Morgan fingerprint density at radius 3 is 2.46 bits per heavy atom. The highest BCUT2D eigenvalue weighted by atomic mass is 16.3. The van der Waals surface area contributed by atoms with Crippen LogP contribution in [0.4, 0.5) is 0 Å². The molecule has 2 nitrogen and oxygen atoms in total. The Morgan fingerprint density at radius 1 is 1.04 bits per heavy atom. The molecule has 1 atom stereocenters. The van der Waals surface area contributed by atoms with Crippen molar-refractivity contribution in [3.05, 3.63) is 54.1 Å². The zero-order valence-corrected chi connectivity index (χ0v) is 15.2. The minimum Gasteiger partial charge on any atom is -0.436 e. The Balaban J connectivity index is 2.06. The van der Waals surface area contributed by atoms with Gasteiger partial charge < -0.3 is 4.42 Å². The fourth-order valence-electron chi connectivity index (χ4n) is 3.29. The maximum Gasteiger partial charge on any atom is 0.227 e. The Morgan fingerprint density at radius 2 is 1.75 bits per heavy atom. The lowest BCUT2D eigenvalue weighted by atomic mass is 9.73. The van der Waals surface area contributed by atoms with Crippen molar-refractivity contribution < 1.29 is 4.42 Å². The normalized spacial score (nSPS) is 14.2. The van der Waals surface area contributed by atoms with Gasteiger partial charge in [-0.3, -0.25) is 0 Å². The molecule has 0 N–H and O–H groups in total. The summed E-state index contributed by atoms with van der Waals surface area (Å²) in [6, 6.07) is 16.6. The van der Waals surface area contributed by atoms with Crippen molar-refractivity contribution in [2.24, 2.45) is 5.92 Å². The van der Waals surface area contributed by atoms with Gasteiger partial charge in [-0.25, -0.2) is 4.98 Å². The predicted molar refractivity (Wildman–Crippen MR) is 101 cm³/mol. The minimum atomic E-state index is 0.140. The SMILES string of the molecule is CCC(C)(CCC(C)C)c1ccccc1-c1nc2ccccc2o1. The molecule has 1 unspecified atom stereocenters. The lowest BCUT2D eigenvalue weighted by Gasteiger charge is -2.31. The van der Waals surface area contributed by atoms with Gasteiger partial charge in [0.15, 0.2) is 5.58 Å². The van der Waals surface area contributed by atoms with Crippen molar-refractivity contribution in [3.8, 4) is 11.5 Å². The Bertz CT molecular complexity index is 784. The smallest absolute Gasteiger partial charge is 0.227 e. The zero-order chi connectivity index (χ0) is 17.2. The van der Waals surface area contributed by atoms with Crippen molar-refractivity contribution in [2.45, 2.75) is 52.4 Å². The molecule has 2 heteroatoms. The van der Waals surface area contributed by atoms with Crippen molar-refractivity contribution in [1.82, 2.24) is 4.98 Å². The zero-order valence-electron chi connectivity index (χ0n) is 15.2. The second-order valence-corrected chi connectivity index (χ2v) is 7.38. The molecular formula is C22H27NO. The summed E-state index contributed by atoms with van der Waals surface area (Å²) in [5.74, 6) is 1.45. The summed E-state index contributed by atoms with van der Waals surface area (Å²) in [6.45, 7) is 9.24. The average Bonchev–Trinajstić information content (AvgIpc) is 3.03. The third kappa shape index (κ3) is 3.24. The quantitative estimate of drug-likeness (QED) is 0.511. The molecule has 0 aliphatic rings. The van der Waals surface area contributed by atoms with Gasteiger partial charge in [-0.1, -0.05) is 64.4 Å². The number of hydrogen-bond donors (Lipinski definition) is 0. The highest BCUT2D eigenvalue weighted by Crippen LogP contribution is 2.39. The van der Waals surface area contributed by atoms with Crippen LogP contribution in [-0.2, 0) is 5.41 Å². The van der Waals surface area contributed by atoms with Gasteiger partial charge >= 0.3 is 0 Å². The summed E-state index contributed by atoms with van der Waals surface area (Å²) in [5.41, 5.74) is 4.38. The Labute approximate surface area is 144 Å². The topological polar surface area (TPSA) is 26.0 Å². The van der Waals surface area contributed by atoms with Gasteiger partial charge in [-0.15, -0.1) is 0 Å². The number of nitrogens with zero attached hydrogens (tertiary/aromatic N) is 1. The van der Waals surface area contributed by atoms with Gasteiger partial charge in [-0.05, 0) is 47.9 Å². The van der Waals surface area contributed by atoms with E-state index in [1.807, 2.05) is 24.3 Å². The first kappa shape index (κ1) is 16.8. The molecule has 0 radical (unpaired) electrons. The lowest BCUT2D eigenvalue weighted by Crippen LogP contribution is -2.22. The summed E-state index contributed by atoms with van der Waals surface area (Å²) in [4.78, 5) is 4.72. The maximum atomic E-state index is 6.05. The summed E-state index contributed by atoms with van der Waals surface area (Å²) in [6.07, 6.45) is 3.52. The van der Waals surface area contributed by atoms with Gasteiger partial charge in [0.05, 0.1) is 0 Å². The lowest BCUT2D eigenvalue weighted by molar-refractivity contribution is 0.373. The van der Waals surface area contributed by atoms with Crippen LogP contribution in [0.3, 0.4) is 0 Å². The Kier molecular flexibility index (Phi) is 4.75. The van der Waals surface area contributed by atoms with Gasteiger partial charge in [0.25, 0.3) is 0 Å². The fraction of sp³-hybridized carbons (Fsp3) is 0.409. The second kappa shape index (κ2) is 6.80. The van der Waals surface area contributed by atoms with Crippen LogP contribution in [0.5, 0.6) is 0 Å². The number of fused-ring (bicyclic) bond motifs is 1. The molecule has 24 heavy (non-hydrogen) atoms. The largest absolute Gasteiger partial charge is 0.436 e. The molecule has 0 fully saturated rings. The van der Waals surface area contributed by atoms with Crippen molar-refractivity contribution in [2.75, 3.05) is 0 Å². The van der Waals surface area contributed by atoms with Gasteiger partial charge in [-0.2, -0.15) is 0 Å². The molecule has 2 aromatic carbocycles. The highest BCUT2D eigenvalue weighted by Gasteiger charge is 2.28. The molecule has 0 spiro atoms. The van der Waals surface area contributed by atoms with Gasteiger partial charge in [0.1, 0.15) is 5.52 Å². The summed E-state index contributed by atoms with van der Waals surface area (Å²) in [5, 5.41) is 0. The first-order chi connectivity index (χ1) is 11.5. The molecule has 3 aromatic rings. The van der Waals surface area contributed by atoms with E-state index in [-0.39, 0.29) is 5.41 Å². The summed E-state index contributed by atoms with van der Waals surface area (Å²) >= 11 is 0. The van der Waals surface area contributed by atoms with Crippen LogP contribution in [0.2, 0.25) is 0 Å². The molecule has 0 amide bonds. The van der Waals surface area contributed by atoms with Crippen LogP contribution in [0.25, 0.3) is 22.6 Å². The molecule has 0 aliphatic heterocycles. The van der Waals surface area contributed by atoms with E-state index < -0.39 is 0 Å². The van der Waals surface area contributed by atoms with Crippen molar-refractivity contribution in [1.29, 1.82) is 0 Å². The molecule has 0 bridgehead atoms. The van der Waals surface area contributed by atoms with E-state index in [1.54, 1.807) is 0 Å². The number of oxazole rings is 1. The van der Waals surface area contributed by atoms with Crippen LogP contribution in [0.15, 0.2) is 52.9 Å². The molecule has 1 aromatic heterocycles. The predicted octanol–water partition coefficient (Wildman–Crippen LogP) is 6.60. The molecule has 0 saturated heterocycles. The first-order valence-corrected chi connectivity index (χ1v) is 8.99. The van der Waals surface area contributed by atoms with E-state index in [1.165, 1.54) is 18.4 Å². The van der Waals surface area contributed by atoms with Crippen molar-refractivity contribution in [3.63, 3.8) is 0 Å². The molecule has 3 rings (SSSR count). The van der Waals surface area contributed by atoms with Crippen molar-refractivity contribution >= 4 is 11.1 Å². The van der Waals surface area contributed by atoms with E-state index in [4.69, 9.17) is 9.40 Å².